The van der Waals surface area contributed by atoms with Crippen LogP contribution in [0, 0.1) is 6.92 Å². The van der Waals surface area contributed by atoms with Crippen LogP contribution in [-0.2, 0) is 31.8 Å². The highest BCUT2D eigenvalue weighted by molar-refractivity contribution is 7.07. The molecule has 174 valence electrons. The third-order valence-electron chi connectivity index (χ3n) is 4.83. The van der Waals surface area contributed by atoms with Crippen molar-refractivity contribution in [2.75, 3.05) is 43.1 Å². The number of hydrogen-bond donors (Lipinski definition) is 1. The van der Waals surface area contributed by atoms with Gasteiger partial charge >= 0.3 is 17.0 Å². The molecule has 1 amide bonds. The first-order valence-electron chi connectivity index (χ1n) is 9.79. The van der Waals surface area contributed by atoms with Gasteiger partial charge in [-0.15, -0.1) is 0 Å². The average Bonchev–Trinajstić information content (AvgIpc) is 3.08. The van der Waals surface area contributed by atoms with E-state index in [0.717, 1.165) is 23.5 Å². The number of esters is 1. The fourth-order valence-electron chi connectivity index (χ4n) is 3.17. The minimum atomic E-state index is -4.58. The first-order chi connectivity index (χ1) is 15.1. The maximum Gasteiger partial charge on any atom is 0.416 e. The van der Waals surface area contributed by atoms with Crippen LogP contribution in [0.3, 0.4) is 0 Å². The van der Waals surface area contributed by atoms with Crippen LogP contribution in [-0.4, -0.2) is 49.4 Å². The molecular formula is C20H22F3N3O5S. The summed E-state index contributed by atoms with van der Waals surface area (Å²) in [4.78, 5) is 37.5. The average molecular weight is 473 g/mol. The number of aromatic nitrogens is 1. The minimum absolute atomic E-state index is 0.0248. The van der Waals surface area contributed by atoms with Gasteiger partial charge in [-0.1, -0.05) is 11.3 Å². The number of aryl methyl sites for hydroxylation is 1. The smallest absolute Gasteiger partial charge is 0.416 e. The normalized spacial score (nSPS) is 14.3. The van der Waals surface area contributed by atoms with E-state index in [9.17, 15) is 27.6 Å². The Balaban J connectivity index is 1.62. The van der Waals surface area contributed by atoms with Crippen LogP contribution in [0.15, 0.2) is 28.4 Å². The Kier molecular flexibility index (Phi) is 7.56. The summed E-state index contributed by atoms with van der Waals surface area (Å²) >= 11 is 1.02. The molecule has 0 atom stereocenters. The molecule has 1 aliphatic rings. The number of nitrogens with one attached hydrogen (secondary N) is 1. The van der Waals surface area contributed by atoms with E-state index in [1.54, 1.807) is 12.3 Å². The Morgan fingerprint density at radius 3 is 2.59 bits per heavy atom. The second-order valence-electron chi connectivity index (χ2n) is 7.08. The predicted octanol–water partition coefficient (Wildman–Crippen LogP) is 2.65. The Bertz CT molecular complexity index is 1030. The lowest BCUT2D eigenvalue weighted by Gasteiger charge is -2.31. The molecule has 1 N–H and O–H groups in total. The summed E-state index contributed by atoms with van der Waals surface area (Å²) in [5.41, 5.74) is 0.209. The van der Waals surface area contributed by atoms with Gasteiger partial charge < -0.3 is 24.3 Å². The zero-order valence-corrected chi connectivity index (χ0v) is 18.1. The van der Waals surface area contributed by atoms with Gasteiger partial charge in [-0.05, 0) is 25.1 Å². The van der Waals surface area contributed by atoms with Crippen molar-refractivity contribution in [1.82, 2.24) is 4.57 Å². The topological polar surface area (TPSA) is 89.9 Å². The lowest BCUT2D eigenvalue weighted by atomic mass is 10.1. The highest BCUT2D eigenvalue weighted by atomic mass is 32.1. The first-order valence-corrected chi connectivity index (χ1v) is 10.7. The van der Waals surface area contributed by atoms with Crippen molar-refractivity contribution in [1.29, 1.82) is 0 Å². The summed E-state index contributed by atoms with van der Waals surface area (Å²) in [6, 6.07) is 3.11. The van der Waals surface area contributed by atoms with Crippen LogP contribution < -0.4 is 15.1 Å². The van der Waals surface area contributed by atoms with Gasteiger partial charge in [0.1, 0.15) is 0 Å². The molecule has 2 aromatic rings. The van der Waals surface area contributed by atoms with E-state index in [2.05, 4.69) is 5.32 Å². The van der Waals surface area contributed by atoms with Crippen LogP contribution in [0.4, 0.5) is 24.5 Å². The van der Waals surface area contributed by atoms with Gasteiger partial charge in [0, 0.05) is 30.7 Å². The number of anilines is 2. The van der Waals surface area contributed by atoms with E-state index in [1.807, 2.05) is 4.90 Å². The fraction of sp³-hybridized carbons (Fsp3) is 0.450. The highest BCUT2D eigenvalue weighted by Gasteiger charge is 2.32. The van der Waals surface area contributed by atoms with Gasteiger partial charge in [0.25, 0.3) is 5.91 Å². The van der Waals surface area contributed by atoms with Crippen molar-refractivity contribution >= 4 is 34.6 Å². The number of benzene rings is 1. The number of alkyl halides is 3. The highest BCUT2D eigenvalue weighted by Crippen LogP contribution is 2.35. The van der Waals surface area contributed by atoms with Crippen LogP contribution >= 0.6 is 11.3 Å². The minimum Gasteiger partial charge on any atom is -0.456 e. The molecule has 0 spiro atoms. The molecule has 1 fully saturated rings. The van der Waals surface area contributed by atoms with Crippen molar-refractivity contribution < 1.29 is 32.2 Å². The first kappa shape index (κ1) is 23.8. The summed E-state index contributed by atoms with van der Waals surface area (Å²) in [5, 5.41) is 4.08. The van der Waals surface area contributed by atoms with Gasteiger partial charge in [-0.2, -0.15) is 13.2 Å². The van der Waals surface area contributed by atoms with Crippen LogP contribution in [0.1, 0.15) is 17.7 Å². The summed E-state index contributed by atoms with van der Waals surface area (Å²) in [5.74, 6) is -1.47. The molecule has 0 aliphatic carbocycles. The molecule has 1 aromatic carbocycles. The van der Waals surface area contributed by atoms with E-state index in [-0.39, 0.29) is 23.5 Å². The number of thiazole rings is 1. The maximum absolute atomic E-state index is 13.2. The molecule has 8 nitrogen and oxygen atoms in total. The van der Waals surface area contributed by atoms with E-state index >= 15 is 0 Å². The van der Waals surface area contributed by atoms with Crippen LogP contribution in [0.2, 0.25) is 0 Å². The van der Waals surface area contributed by atoms with Crippen molar-refractivity contribution in [2.24, 2.45) is 0 Å². The van der Waals surface area contributed by atoms with Crippen LogP contribution in [0.5, 0.6) is 0 Å². The zero-order valence-electron chi connectivity index (χ0n) is 17.2. The molecule has 3 rings (SSSR count). The number of carbonyl (C=O) groups excluding carboxylic acids is 2. The van der Waals surface area contributed by atoms with Gasteiger partial charge in [-0.3, -0.25) is 14.4 Å². The SMILES string of the molecule is Cc1csc(=O)n1CCC(=O)OCC(=O)Nc1cc(C(F)(F)F)ccc1N1CCOCC1. The van der Waals surface area contributed by atoms with Crippen molar-refractivity contribution in [3.8, 4) is 0 Å². The molecule has 1 aliphatic heterocycles. The fourth-order valence-corrected chi connectivity index (χ4v) is 3.94. The van der Waals surface area contributed by atoms with E-state index in [0.29, 0.717) is 37.7 Å². The lowest BCUT2D eigenvalue weighted by Crippen LogP contribution is -2.37. The molecule has 0 bridgehead atoms. The molecule has 0 unspecified atom stereocenters. The zero-order chi connectivity index (χ0) is 23.3. The van der Waals surface area contributed by atoms with Crippen molar-refractivity contribution in [2.45, 2.75) is 26.1 Å². The molecule has 1 saturated heterocycles. The largest absolute Gasteiger partial charge is 0.456 e. The molecule has 1 aromatic heterocycles. The summed E-state index contributed by atoms with van der Waals surface area (Å²) in [6.45, 7) is 2.95. The standard InChI is InChI=1S/C20H22F3N3O5S/c1-13-12-32-19(29)26(13)5-4-18(28)31-11-17(27)24-15-10-14(20(21,22)23)2-3-16(15)25-6-8-30-9-7-25/h2-3,10,12H,4-9,11H2,1H3,(H,24,27). The Morgan fingerprint density at radius 1 is 1.25 bits per heavy atom. The van der Waals surface area contributed by atoms with Gasteiger partial charge in [0.15, 0.2) is 6.61 Å². The van der Waals surface area contributed by atoms with Gasteiger partial charge in [-0.25, -0.2) is 0 Å². The number of morpholine rings is 1. The van der Waals surface area contributed by atoms with E-state index in [4.69, 9.17) is 9.47 Å². The Morgan fingerprint density at radius 2 is 1.97 bits per heavy atom. The number of carbonyl (C=O) groups is 2. The lowest BCUT2D eigenvalue weighted by molar-refractivity contribution is -0.147. The maximum atomic E-state index is 13.2. The van der Waals surface area contributed by atoms with Gasteiger partial charge in [0.2, 0.25) is 0 Å². The third kappa shape index (κ3) is 6.10. The Hall–Kier alpha value is -2.86. The third-order valence-corrected chi connectivity index (χ3v) is 5.71. The summed E-state index contributed by atoms with van der Waals surface area (Å²) in [6.07, 6.45) is -4.69. The quantitative estimate of drug-likeness (QED) is 0.622. The number of amides is 1. The number of rotatable bonds is 7. The van der Waals surface area contributed by atoms with Crippen LogP contribution in [0.25, 0.3) is 0 Å². The second kappa shape index (κ2) is 10.2. The van der Waals surface area contributed by atoms with E-state index in [1.165, 1.54) is 10.6 Å². The predicted molar refractivity (Wildman–Crippen MR) is 112 cm³/mol. The molecule has 12 heteroatoms. The summed E-state index contributed by atoms with van der Waals surface area (Å²) in [7, 11) is 0. The molecule has 2 heterocycles. The molecular weight excluding hydrogens is 451 g/mol. The van der Waals surface area contributed by atoms with Crippen molar-refractivity contribution in [3.63, 3.8) is 0 Å². The van der Waals surface area contributed by atoms with E-state index < -0.39 is 30.2 Å². The summed E-state index contributed by atoms with van der Waals surface area (Å²) < 4.78 is 51.1. The number of nitrogens with zero attached hydrogens (tertiary/aromatic N) is 2. The monoisotopic (exact) mass is 473 g/mol. The van der Waals surface area contributed by atoms with Gasteiger partial charge in [0.05, 0.1) is 36.6 Å². The number of ether oxygens (including phenoxy) is 2. The molecule has 0 radical (unpaired) electrons. The van der Waals surface area contributed by atoms with Crippen molar-refractivity contribution in [3.05, 3.63) is 44.5 Å². The second-order valence-corrected chi connectivity index (χ2v) is 7.90. The molecule has 0 saturated carbocycles. The number of halogens is 3. The Labute approximate surface area is 185 Å². The molecule has 32 heavy (non-hydrogen) atoms. The number of hydrogen-bond acceptors (Lipinski definition) is 7.